The second-order valence-electron chi connectivity index (χ2n) is 8.91. The van der Waals surface area contributed by atoms with E-state index >= 15 is 0 Å². The molecule has 0 saturated heterocycles. The molecule has 8 nitrogen and oxygen atoms in total. The maximum absolute atomic E-state index is 12.4. The summed E-state index contributed by atoms with van der Waals surface area (Å²) in [6.07, 6.45) is 3.57. The summed E-state index contributed by atoms with van der Waals surface area (Å²) < 4.78 is 10.3. The fraction of sp³-hybridized carbons (Fsp3) is 0.680. The van der Waals surface area contributed by atoms with Crippen LogP contribution in [-0.4, -0.2) is 72.9 Å². The standard InChI is InChI=1S/C25H42N2O6/c1-8-21(28)13-16-26(23(30)32-10-3)15-12-20(5)18-25(6,7)19-27(24(31)33-11-4)17-14-22(29)9-2/h8-9,20H,1-2,10-19H2,3-7H3. The molecule has 1 unspecified atom stereocenters. The molecule has 1 atom stereocenters. The van der Waals surface area contributed by atoms with Gasteiger partial charge in [-0.3, -0.25) is 9.59 Å². The van der Waals surface area contributed by atoms with Crippen LogP contribution in [0.1, 0.15) is 60.3 Å². The molecule has 0 radical (unpaired) electrons. The molecular formula is C25H42N2O6. The molecule has 0 aliphatic rings. The molecule has 188 valence electrons. The first kappa shape index (κ1) is 30.4. The molecule has 0 aliphatic heterocycles. The van der Waals surface area contributed by atoms with Crippen molar-refractivity contribution in [3.05, 3.63) is 25.3 Å². The van der Waals surface area contributed by atoms with E-state index in [1.165, 1.54) is 12.2 Å². The molecule has 0 aliphatic carbocycles. The van der Waals surface area contributed by atoms with Crippen LogP contribution in [0.15, 0.2) is 25.3 Å². The fourth-order valence-corrected chi connectivity index (χ4v) is 3.66. The molecule has 8 heteroatoms. The summed E-state index contributed by atoms with van der Waals surface area (Å²) in [7, 11) is 0. The van der Waals surface area contributed by atoms with Gasteiger partial charge in [-0.2, -0.15) is 0 Å². The van der Waals surface area contributed by atoms with Crippen LogP contribution in [0.3, 0.4) is 0 Å². The summed E-state index contributed by atoms with van der Waals surface area (Å²) in [6, 6.07) is 0. The van der Waals surface area contributed by atoms with Crippen LogP contribution in [0.4, 0.5) is 9.59 Å². The number of hydrogen-bond acceptors (Lipinski definition) is 6. The van der Waals surface area contributed by atoms with Crippen LogP contribution >= 0.6 is 0 Å². The van der Waals surface area contributed by atoms with Gasteiger partial charge in [0.1, 0.15) is 0 Å². The number of carbonyl (C=O) groups excluding carboxylic acids is 4. The van der Waals surface area contributed by atoms with Gasteiger partial charge >= 0.3 is 12.2 Å². The van der Waals surface area contributed by atoms with Crippen LogP contribution in [0.25, 0.3) is 0 Å². The van der Waals surface area contributed by atoms with E-state index in [1.807, 2.05) is 0 Å². The third kappa shape index (κ3) is 13.5. The lowest BCUT2D eigenvalue weighted by atomic mass is 9.81. The minimum absolute atomic E-state index is 0.118. The predicted molar refractivity (Wildman–Crippen MR) is 129 cm³/mol. The lowest BCUT2D eigenvalue weighted by Gasteiger charge is -2.34. The Balaban J connectivity index is 5.00. The van der Waals surface area contributed by atoms with Crippen molar-refractivity contribution in [1.82, 2.24) is 9.80 Å². The summed E-state index contributed by atoms with van der Waals surface area (Å²) in [4.78, 5) is 51.0. The molecule has 0 aromatic heterocycles. The van der Waals surface area contributed by atoms with Crippen LogP contribution in [0, 0.1) is 11.3 Å². The molecule has 0 N–H and O–H groups in total. The van der Waals surface area contributed by atoms with Crippen LogP contribution < -0.4 is 0 Å². The molecular weight excluding hydrogens is 424 g/mol. The van der Waals surface area contributed by atoms with Crippen molar-refractivity contribution in [3.8, 4) is 0 Å². The van der Waals surface area contributed by atoms with Gasteiger partial charge in [0.15, 0.2) is 11.6 Å². The molecule has 0 rings (SSSR count). The Hall–Kier alpha value is -2.64. The minimum Gasteiger partial charge on any atom is -0.450 e. The molecule has 0 heterocycles. The highest BCUT2D eigenvalue weighted by molar-refractivity contribution is 5.89. The SMILES string of the molecule is C=CC(=O)CCN(CCC(C)CC(C)(C)CN(CCC(=O)C=C)C(=O)OCC)C(=O)OCC. The highest BCUT2D eigenvalue weighted by Crippen LogP contribution is 2.29. The van der Waals surface area contributed by atoms with E-state index in [1.54, 1.807) is 23.6 Å². The zero-order valence-corrected chi connectivity index (χ0v) is 21.1. The van der Waals surface area contributed by atoms with Gasteiger partial charge in [-0.05, 0) is 50.2 Å². The van der Waals surface area contributed by atoms with E-state index in [9.17, 15) is 19.2 Å². The lowest BCUT2D eigenvalue weighted by molar-refractivity contribution is -0.115. The lowest BCUT2D eigenvalue weighted by Crippen LogP contribution is -2.41. The Morgan fingerprint density at radius 3 is 1.76 bits per heavy atom. The number of hydrogen-bond donors (Lipinski definition) is 0. The van der Waals surface area contributed by atoms with Gasteiger partial charge in [0, 0.05) is 39.0 Å². The smallest absolute Gasteiger partial charge is 0.409 e. The number of allylic oxidation sites excluding steroid dienone is 2. The second kappa shape index (κ2) is 16.0. The molecule has 33 heavy (non-hydrogen) atoms. The van der Waals surface area contributed by atoms with Gasteiger partial charge in [0.2, 0.25) is 0 Å². The number of carbonyl (C=O) groups is 4. The zero-order valence-electron chi connectivity index (χ0n) is 21.1. The molecule has 2 amide bonds. The van der Waals surface area contributed by atoms with Gasteiger partial charge in [-0.15, -0.1) is 0 Å². The average Bonchev–Trinajstić information content (AvgIpc) is 2.75. The number of amides is 2. The van der Waals surface area contributed by atoms with Crippen molar-refractivity contribution in [2.24, 2.45) is 11.3 Å². The highest BCUT2D eigenvalue weighted by atomic mass is 16.6. The maximum atomic E-state index is 12.4. The minimum atomic E-state index is -0.435. The van der Waals surface area contributed by atoms with Gasteiger partial charge in [-0.1, -0.05) is 33.9 Å². The molecule has 0 fully saturated rings. The number of ketones is 2. The third-order valence-electron chi connectivity index (χ3n) is 5.18. The van der Waals surface area contributed by atoms with Crippen molar-refractivity contribution in [3.63, 3.8) is 0 Å². The van der Waals surface area contributed by atoms with Crippen molar-refractivity contribution in [1.29, 1.82) is 0 Å². The van der Waals surface area contributed by atoms with Crippen molar-refractivity contribution in [2.45, 2.75) is 60.3 Å². The van der Waals surface area contributed by atoms with Crippen LogP contribution in [-0.2, 0) is 19.1 Å². The van der Waals surface area contributed by atoms with Crippen molar-refractivity contribution in [2.75, 3.05) is 39.4 Å². The van der Waals surface area contributed by atoms with Gasteiger partial charge in [-0.25, -0.2) is 9.59 Å². The molecule has 0 aromatic carbocycles. The zero-order chi connectivity index (χ0) is 25.4. The predicted octanol–water partition coefficient (Wildman–Crippen LogP) is 4.64. The summed E-state index contributed by atoms with van der Waals surface area (Å²) in [5.74, 6) is 0.00261. The van der Waals surface area contributed by atoms with Crippen LogP contribution in [0.2, 0.25) is 0 Å². The van der Waals surface area contributed by atoms with Gasteiger partial charge in [0.05, 0.1) is 13.2 Å². The Morgan fingerprint density at radius 1 is 0.848 bits per heavy atom. The summed E-state index contributed by atoms with van der Waals surface area (Å²) in [5, 5.41) is 0. The summed E-state index contributed by atoms with van der Waals surface area (Å²) >= 11 is 0. The topological polar surface area (TPSA) is 93.2 Å². The third-order valence-corrected chi connectivity index (χ3v) is 5.18. The van der Waals surface area contributed by atoms with Crippen molar-refractivity contribution >= 4 is 23.8 Å². The monoisotopic (exact) mass is 466 g/mol. The first-order chi connectivity index (χ1) is 15.5. The Kier molecular flexibility index (Phi) is 14.8. The Morgan fingerprint density at radius 2 is 1.30 bits per heavy atom. The number of ether oxygens (including phenoxy) is 2. The summed E-state index contributed by atoms with van der Waals surface area (Å²) in [5.41, 5.74) is -0.239. The van der Waals surface area contributed by atoms with E-state index < -0.39 is 12.2 Å². The van der Waals surface area contributed by atoms with Gasteiger partial charge < -0.3 is 19.3 Å². The molecule has 0 spiro atoms. The summed E-state index contributed by atoms with van der Waals surface area (Å²) in [6.45, 7) is 18.7. The van der Waals surface area contributed by atoms with Crippen LogP contribution in [0.5, 0.6) is 0 Å². The first-order valence-electron chi connectivity index (χ1n) is 11.6. The quantitative estimate of drug-likeness (QED) is 0.290. The maximum Gasteiger partial charge on any atom is 0.409 e. The van der Waals surface area contributed by atoms with Crippen molar-refractivity contribution < 1.29 is 28.7 Å². The fourth-order valence-electron chi connectivity index (χ4n) is 3.66. The molecule has 0 saturated carbocycles. The Bertz CT molecular complexity index is 674. The van der Waals surface area contributed by atoms with E-state index in [0.29, 0.717) is 13.1 Å². The number of rotatable bonds is 17. The number of nitrogens with zero attached hydrogens (tertiary/aromatic N) is 2. The largest absolute Gasteiger partial charge is 0.450 e. The normalized spacial score (nSPS) is 11.8. The Labute approximate surface area is 199 Å². The van der Waals surface area contributed by atoms with E-state index in [4.69, 9.17) is 9.47 Å². The molecule has 0 aromatic rings. The van der Waals surface area contributed by atoms with E-state index in [-0.39, 0.29) is 62.0 Å². The first-order valence-corrected chi connectivity index (χ1v) is 11.6. The average molecular weight is 467 g/mol. The van der Waals surface area contributed by atoms with Gasteiger partial charge in [0.25, 0.3) is 0 Å². The van der Waals surface area contributed by atoms with E-state index in [2.05, 4.69) is 33.9 Å². The molecule has 0 bridgehead atoms. The second-order valence-corrected chi connectivity index (χ2v) is 8.91. The van der Waals surface area contributed by atoms with E-state index in [0.717, 1.165) is 12.8 Å². The highest BCUT2D eigenvalue weighted by Gasteiger charge is 2.28.